The molecule has 1 aromatic heterocycles. The number of aryl methyl sites for hydroxylation is 1. The molecule has 142 valence electrons. The lowest BCUT2D eigenvalue weighted by atomic mass is 10.1. The van der Waals surface area contributed by atoms with Crippen LogP contribution in [-0.4, -0.2) is 21.5 Å². The van der Waals surface area contributed by atoms with E-state index < -0.39 is 0 Å². The summed E-state index contributed by atoms with van der Waals surface area (Å²) in [7, 11) is 0. The summed E-state index contributed by atoms with van der Waals surface area (Å²) in [6.45, 7) is 2.43. The fourth-order valence-electron chi connectivity index (χ4n) is 3.01. The van der Waals surface area contributed by atoms with Gasteiger partial charge >= 0.3 is 0 Å². The van der Waals surface area contributed by atoms with E-state index in [2.05, 4.69) is 15.6 Å². The van der Waals surface area contributed by atoms with Gasteiger partial charge in [0.2, 0.25) is 0 Å². The third-order valence-corrected chi connectivity index (χ3v) is 4.79. The number of hydrogen-bond donors (Lipinski definition) is 2. The number of hydrogen-bond acceptors (Lipinski definition) is 4. The Morgan fingerprint density at radius 1 is 1.18 bits per heavy atom. The van der Waals surface area contributed by atoms with Gasteiger partial charge in [-0.2, -0.15) is 0 Å². The van der Waals surface area contributed by atoms with E-state index in [1.807, 2.05) is 43.3 Å². The third-order valence-electron chi connectivity index (χ3n) is 4.79. The standard InChI is InChI=1S/C22H22N4O2/c1-15-7-8-17(21(27)25-18-9-10-18)13-19(15)26-12-11-23-20(22(26)28)24-14-16-5-3-2-4-6-16/h2-8,11-13,18H,9-10,14H2,1H3,(H,23,24)(H,25,27). The zero-order valence-electron chi connectivity index (χ0n) is 15.7. The van der Waals surface area contributed by atoms with E-state index in [0.717, 1.165) is 24.0 Å². The predicted octanol–water partition coefficient (Wildman–Crippen LogP) is 3.05. The van der Waals surface area contributed by atoms with Crippen molar-refractivity contribution in [3.8, 4) is 5.69 Å². The van der Waals surface area contributed by atoms with E-state index in [-0.39, 0.29) is 23.3 Å². The molecular weight excluding hydrogens is 352 g/mol. The van der Waals surface area contributed by atoms with Crippen LogP contribution in [0, 0.1) is 6.92 Å². The monoisotopic (exact) mass is 374 g/mol. The highest BCUT2D eigenvalue weighted by atomic mass is 16.2. The number of nitrogens with one attached hydrogen (secondary N) is 2. The van der Waals surface area contributed by atoms with Crippen molar-refractivity contribution >= 4 is 11.7 Å². The molecule has 6 heteroatoms. The molecule has 3 aromatic rings. The summed E-state index contributed by atoms with van der Waals surface area (Å²) in [5.74, 6) is 0.173. The van der Waals surface area contributed by atoms with Crippen molar-refractivity contribution in [1.82, 2.24) is 14.9 Å². The van der Waals surface area contributed by atoms with Crippen molar-refractivity contribution < 1.29 is 4.79 Å². The lowest BCUT2D eigenvalue weighted by molar-refractivity contribution is 0.0951. The number of carbonyl (C=O) groups is 1. The van der Waals surface area contributed by atoms with Crippen molar-refractivity contribution in [1.29, 1.82) is 0 Å². The topological polar surface area (TPSA) is 76.0 Å². The van der Waals surface area contributed by atoms with E-state index in [4.69, 9.17) is 0 Å². The van der Waals surface area contributed by atoms with Crippen molar-refractivity contribution in [2.24, 2.45) is 0 Å². The maximum Gasteiger partial charge on any atom is 0.297 e. The fourth-order valence-corrected chi connectivity index (χ4v) is 3.01. The first-order valence-corrected chi connectivity index (χ1v) is 9.39. The zero-order chi connectivity index (χ0) is 19.5. The van der Waals surface area contributed by atoms with Gasteiger partial charge in [0, 0.05) is 30.5 Å². The van der Waals surface area contributed by atoms with E-state index in [9.17, 15) is 9.59 Å². The Bertz CT molecular complexity index is 1060. The molecule has 1 aliphatic rings. The molecule has 0 unspecified atom stereocenters. The summed E-state index contributed by atoms with van der Waals surface area (Å²) in [4.78, 5) is 29.5. The second kappa shape index (κ2) is 7.68. The lowest BCUT2D eigenvalue weighted by Crippen LogP contribution is -2.26. The summed E-state index contributed by atoms with van der Waals surface area (Å²) in [5.41, 5.74) is 2.95. The van der Waals surface area contributed by atoms with Crippen LogP contribution in [0.4, 0.5) is 5.82 Å². The van der Waals surface area contributed by atoms with Gasteiger partial charge in [-0.3, -0.25) is 14.2 Å². The van der Waals surface area contributed by atoms with Gasteiger partial charge < -0.3 is 10.6 Å². The number of nitrogens with zero attached hydrogens (tertiary/aromatic N) is 2. The molecule has 1 aliphatic carbocycles. The minimum absolute atomic E-state index is 0.103. The number of carbonyl (C=O) groups excluding carboxylic acids is 1. The van der Waals surface area contributed by atoms with Crippen molar-refractivity contribution in [3.05, 3.63) is 88.0 Å². The molecular formula is C22H22N4O2. The zero-order valence-corrected chi connectivity index (χ0v) is 15.7. The number of rotatable bonds is 6. The lowest BCUT2D eigenvalue weighted by Gasteiger charge is -2.13. The molecule has 0 atom stereocenters. The van der Waals surface area contributed by atoms with Crippen molar-refractivity contribution in [3.63, 3.8) is 0 Å². The SMILES string of the molecule is Cc1ccc(C(=O)NC2CC2)cc1-n1ccnc(NCc2ccccc2)c1=O. The Labute approximate surface area is 163 Å². The van der Waals surface area contributed by atoms with Crippen LogP contribution in [0.25, 0.3) is 5.69 Å². The molecule has 28 heavy (non-hydrogen) atoms. The highest BCUT2D eigenvalue weighted by Crippen LogP contribution is 2.20. The quantitative estimate of drug-likeness (QED) is 0.695. The normalized spacial score (nSPS) is 13.2. The number of aromatic nitrogens is 2. The number of benzene rings is 2. The second-order valence-corrected chi connectivity index (χ2v) is 7.04. The van der Waals surface area contributed by atoms with Crippen LogP contribution in [0.3, 0.4) is 0 Å². The number of amides is 1. The molecule has 1 heterocycles. The van der Waals surface area contributed by atoms with Gasteiger partial charge in [-0.25, -0.2) is 4.98 Å². The minimum Gasteiger partial charge on any atom is -0.361 e. The molecule has 0 aliphatic heterocycles. The maximum absolute atomic E-state index is 12.9. The average Bonchev–Trinajstić information content (AvgIpc) is 3.52. The van der Waals surface area contributed by atoms with Crippen LogP contribution < -0.4 is 16.2 Å². The molecule has 0 radical (unpaired) electrons. The second-order valence-electron chi connectivity index (χ2n) is 7.04. The van der Waals surface area contributed by atoms with E-state index >= 15 is 0 Å². The summed E-state index contributed by atoms with van der Waals surface area (Å²) in [6.07, 6.45) is 5.28. The average molecular weight is 374 g/mol. The largest absolute Gasteiger partial charge is 0.361 e. The first kappa shape index (κ1) is 18.0. The molecule has 0 saturated heterocycles. The predicted molar refractivity (Wildman–Crippen MR) is 109 cm³/mol. The highest BCUT2D eigenvalue weighted by molar-refractivity contribution is 5.95. The Morgan fingerprint density at radius 2 is 1.96 bits per heavy atom. The molecule has 1 fully saturated rings. The van der Waals surface area contributed by atoms with Crippen molar-refractivity contribution in [2.75, 3.05) is 5.32 Å². The molecule has 6 nitrogen and oxygen atoms in total. The molecule has 0 spiro atoms. The van der Waals surface area contributed by atoms with Crippen LogP contribution in [0.2, 0.25) is 0 Å². The first-order chi connectivity index (χ1) is 13.6. The molecule has 1 amide bonds. The van der Waals surface area contributed by atoms with Crippen LogP contribution in [0.1, 0.15) is 34.3 Å². The van der Waals surface area contributed by atoms with Crippen LogP contribution in [0.15, 0.2) is 65.7 Å². The fraction of sp³-hybridized carbons (Fsp3) is 0.227. The molecule has 2 aromatic carbocycles. The smallest absolute Gasteiger partial charge is 0.297 e. The molecule has 1 saturated carbocycles. The van der Waals surface area contributed by atoms with Crippen LogP contribution in [-0.2, 0) is 6.54 Å². The Morgan fingerprint density at radius 3 is 2.71 bits per heavy atom. The van der Waals surface area contributed by atoms with Gasteiger partial charge in [0.05, 0.1) is 5.69 Å². The van der Waals surface area contributed by atoms with Gasteiger partial charge in [0.25, 0.3) is 11.5 Å². The summed E-state index contributed by atoms with van der Waals surface area (Å²) in [5, 5.41) is 6.09. The van der Waals surface area contributed by atoms with Gasteiger partial charge in [-0.1, -0.05) is 36.4 Å². The molecule has 2 N–H and O–H groups in total. The number of anilines is 1. The molecule has 0 bridgehead atoms. The van der Waals surface area contributed by atoms with E-state index in [1.165, 1.54) is 4.57 Å². The van der Waals surface area contributed by atoms with Gasteiger partial charge in [-0.15, -0.1) is 0 Å². The summed E-state index contributed by atoms with van der Waals surface area (Å²) < 4.78 is 1.53. The van der Waals surface area contributed by atoms with Gasteiger partial charge in [0.15, 0.2) is 5.82 Å². The third kappa shape index (κ3) is 3.96. The Balaban J connectivity index is 1.61. The highest BCUT2D eigenvalue weighted by Gasteiger charge is 2.24. The Hall–Kier alpha value is -3.41. The van der Waals surface area contributed by atoms with E-state index in [0.29, 0.717) is 17.8 Å². The van der Waals surface area contributed by atoms with Crippen molar-refractivity contribution in [2.45, 2.75) is 32.4 Å². The molecule has 4 rings (SSSR count). The van der Waals surface area contributed by atoms with Crippen LogP contribution >= 0.6 is 0 Å². The van der Waals surface area contributed by atoms with E-state index in [1.54, 1.807) is 24.5 Å². The summed E-state index contributed by atoms with van der Waals surface area (Å²) in [6, 6.07) is 15.5. The van der Waals surface area contributed by atoms with Gasteiger partial charge in [-0.05, 0) is 43.0 Å². The minimum atomic E-state index is -0.249. The Kier molecular flexibility index (Phi) is 4.93. The maximum atomic E-state index is 12.9. The van der Waals surface area contributed by atoms with Crippen LogP contribution in [0.5, 0.6) is 0 Å². The first-order valence-electron chi connectivity index (χ1n) is 9.39. The summed E-state index contributed by atoms with van der Waals surface area (Å²) >= 11 is 0. The van der Waals surface area contributed by atoms with Gasteiger partial charge in [0.1, 0.15) is 0 Å².